The van der Waals surface area contributed by atoms with E-state index in [2.05, 4.69) is 5.32 Å². The third-order valence-corrected chi connectivity index (χ3v) is 2.96. The van der Waals surface area contributed by atoms with Gasteiger partial charge >= 0.3 is 0 Å². The highest BCUT2D eigenvalue weighted by atomic mass is 19.1. The van der Waals surface area contributed by atoms with Gasteiger partial charge < -0.3 is 19.5 Å². The standard InChI is InChI=1S/C14H22FNO3/c1-5-16-11(14(18-3)19-4)9-10-7-6-8-12(17-2)13(10)15/h6-8,11,14,16H,5,9H2,1-4H3. The summed E-state index contributed by atoms with van der Waals surface area (Å²) < 4.78 is 29.6. The highest BCUT2D eigenvalue weighted by Gasteiger charge is 2.22. The van der Waals surface area contributed by atoms with Gasteiger partial charge in [-0.25, -0.2) is 4.39 Å². The number of likely N-dealkylation sites (N-methyl/N-ethyl adjacent to an activating group) is 1. The van der Waals surface area contributed by atoms with Crippen LogP contribution in [0.3, 0.4) is 0 Å². The molecule has 0 saturated heterocycles. The monoisotopic (exact) mass is 271 g/mol. The smallest absolute Gasteiger partial charge is 0.172 e. The summed E-state index contributed by atoms with van der Waals surface area (Å²) in [5, 5.41) is 3.24. The molecule has 0 amide bonds. The van der Waals surface area contributed by atoms with Crippen LogP contribution in [0.15, 0.2) is 18.2 Å². The minimum atomic E-state index is -0.425. The molecule has 5 heteroatoms. The third-order valence-electron chi connectivity index (χ3n) is 2.96. The summed E-state index contributed by atoms with van der Waals surface area (Å²) >= 11 is 0. The Bertz CT molecular complexity index is 383. The van der Waals surface area contributed by atoms with E-state index in [-0.39, 0.29) is 17.6 Å². The Morgan fingerprint density at radius 2 is 1.89 bits per heavy atom. The van der Waals surface area contributed by atoms with Crippen molar-refractivity contribution in [1.29, 1.82) is 0 Å². The lowest BCUT2D eigenvalue weighted by molar-refractivity contribution is -0.122. The van der Waals surface area contributed by atoms with Crippen molar-refractivity contribution in [2.75, 3.05) is 27.9 Å². The minimum Gasteiger partial charge on any atom is -0.494 e. The van der Waals surface area contributed by atoms with Crippen LogP contribution >= 0.6 is 0 Å². The molecule has 0 radical (unpaired) electrons. The molecule has 1 unspecified atom stereocenters. The molecular weight excluding hydrogens is 249 g/mol. The lowest BCUT2D eigenvalue weighted by Gasteiger charge is -2.25. The van der Waals surface area contributed by atoms with E-state index in [1.165, 1.54) is 7.11 Å². The van der Waals surface area contributed by atoms with Crippen molar-refractivity contribution in [2.24, 2.45) is 0 Å². The largest absolute Gasteiger partial charge is 0.494 e. The SMILES string of the molecule is CCNC(Cc1cccc(OC)c1F)C(OC)OC. The first kappa shape index (κ1) is 15.9. The molecule has 0 aliphatic heterocycles. The summed E-state index contributed by atoms with van der Waals surface area (Å²) in [6, 6.07) is 4.99. The molecule has 0 aromatic heterocycles. The number of methoxy groups -OCH3 is 3. The van der Waals surface area contributed by atoms with Gasteiger partial charge in [-0.05, 0) is 24.6 Å². The molecule has 0 spiro atoms. The Morgan fingerprint density at radius 1 is 1.21 bits per heavy atom. The van der Waals surface area contributed by atoms with Crippen LogP contribution in [0.5, 0.6) is 5.75 Å². The molecule has 19 heavy (non-hydrogen) atoms. The quantitative estimate of drug-likeness (QED) is 0.734. The number of ether oxygens (including phenoxy) is 3. The van der Waals surface area contributed by atoms with Crippen molar-refractivity contribution < 1.29 is 18.6 Å². The molecule has 0 heterocycles. The predicted molar refractivity (Wildman–Crippen MR) is 71.9 cm³/mol. The second kappa shape index (κ2) is 8.09. The number of nitrogens with one attached hydrogen (secondary N) is 1. The summed E-state index contributed by atoms with van der Waals surface area (Å²) in [6.07, 6.45) is 0.0361. The van der Waals surface area contributed by atoms with Crippen molar-refractivity contribution in [3.8, 4) is 5.75 Å². The molecule has 0 saturated carbocycles. The van der Waals surface area contributed by atoms with E-state index in [4.69, 9.17) is 14.2 Å². The molecule has 0 aliphatic rings. The summed E-state index contributed by atoms with van der Waals surface area (Å²) in [6.45, 7) is 2.73. The number of halogens is 1. The van der Waals surface area contributed by atoms with Gasteiger partial charge in [0.2, 0.25) is 0 Å². The van der Waals surface area contributed by atoms with Gasteiger partial charge in [-0.3, -0.25) is 0 Å². The van der Waals surface area contributed by atoms with Gasteiger partial charge in [-0.1, -0.05) is 19.1 Å². The van der Waals surface area contributed by atoms with Crippen molar-refractivity contribution in [2.45, 2.75) is 25.7 Å². The summed E-state index contributed by atoms with van der Waals surface area (Å²) in [5.41, 5.74) is 0.574. The average Bonchev–Trinajstić information content (AvgIpc) is 2.42. The second-order valence-electron chi connectivity index (χ2n) is 4.14. The van der Waals surface area contributed by atoms with Crippen LogP contribution in [-0.4, -0.2) is 40.2 Å². The minimum absolute atomic E-state index is 0.124. The Labute approximate surface area is 113 Å². The van der Waals surface area contributed by atoms with Gasteiger partial charge in [-0.2, -0.15) is 0 Å². The van der Waals surface area contributed by atoms with Gasteiger partial charge in [0, 0.05) is 14.2 Å². The first-order chi connectivity index (χ1) is 9.17. The van der Waals surface area contributed by atoms with Crippen LogP contribution in [0.4, 0.5) is 4.39 Å². The number of benzene rings is 1. The first-order valence-corrected chi connectivity index (χ1v) is 6.28. The number of hydrogen-bond acceptors (Lipinski definition) is 4. The Balaban J connectivity index is 2.89. The van der Waals surface area contributed by atoms with E-state index in [0.29, 0.717) is 12.0 Å². The van der Waals surface area contributed by atoms with Crippen molar-refractivity contribution in [3.05, 3.63) is 29.6 Å². The van der Waals surface area contributed by atoms with Gasteiger partial charge in [0.25, 0.3) is 0 Å². The van der Waals surface area contributed by atoms with E-state index >= 15 is 0 Å². The van der Waals surface area contributed by atoms with Crippen molar-refractivity contribution >= 4 is 0 Å². The zero-order valence-electron chi connectivity index (χ0n) is 11.9. The fraction of sp³-hybridized carbons (Fsp3) is 0.571. The van der Waals surface area contributed by atoms with Gasteiger partial charge in [0.15, 0.2) is 17.9 Å². The summed E-state index contributed by atoms with van der Waals surface area (Å²) in [7, 11) is 4.60. The second-order valence-corrected chi connectivity index (χ2v) is 4.14. The summed E-state index contributed by atoms with van der Waals surface area (Å²) in [4.78, 5) is 0. The molecule has 1 atom stereocenters. The highest BCUT2D eigenvalue weighted by molar-refractivity contribution is 5.31. The van der Waals surface area contributed by atoms with Crippen LogP contribution in [0, 0.1) is 5.82 Å². The molecular formula is C14H22FNO3. The molecule has 0 fully saturated rings. The molecule has 0 bridgehead atoms. The maximum atomic E-state index is 14.1. The maximum Gasteiger partial charge on any atom is 0.172 e. The van der Waals surface area contributed by atoms with E-state index in [1.807, 2.05) is 6.92 Å². The van der Waals surface area contributed by atoms with Crippen molar-refractivity contribution in [3.63, 3.8) is 0 Å². The van der Waals surface area contributed by atoms with E-state index in [0.717, 1.165) is 6.54 Å². The summed E-state index contributed by atoms with van der Waals surface area (Å²) in [5.74, 6) is -0.0852. The van der Waals surface area contributed by atoms with Crippen molar-refractivity contribution in [1.82, 2.24) is 5.32 Å². The fourth-order valence-corrected chi connectivity index (χ4v) is 2.06. The van der Waals surface area contributed by atoms with Gasteiger partial charge in [-0.15, -0.1) is 0 Å². The molecule has 108 valence electrons. The topological polar surface area (TPSA) is 39.7 Å². The lowest BCUT2D eigenvalue weighted by Crippen LogP contribution is -2.43. The fourth-order valence-electron chi connectivity index (χ4n) is 2.06. The van der Waals surface area contributed by atoms with E-state index in [9.17, 15) is 4.39 Å². The zero-order chi connectivity index (χ0) is 14.3. The zero-order valence-corrected chi connectivity index (χ0v) is 11.9. The Morgan fingerprint density at radius 3 is 2.42 bits per heavy atom. The Kier molecular flexibility index (Phi) is 6.77. The van der Waals surface area contributed by atoms with Crippen LogP contribution in [0.2, 0.25) is 0 Å². The normalized spacial score (nSPS) is 12.7. The predicted octanol–water partition coefficient (Wildman–Crippen LogP) is 1.97. The number of rotatable bonds is 8. The lowest BCUT2D eigenvalue weighted by atomic mass is 10.0. The maximum absolute atomic E-state index is 14.1. The van der Waals surface area contributed by atoms with E-state index in [1.54, 1.807) is 32.4 Å². The average molecular weight is 271 g/mol. The molecule has 0 aliphatic carbocycles. The van der Waals surface area contributed by atoms with Crippen LogP contribution < -0.4 is 10.1 Å². The molecule has 1 rings (SSSR count). The highest BCUT2D eigenvalue weighted by Crippen LogP contribution is 2.22. The van der Waals surface area contributed by atoms with Crippen LogP contribution in [-0.2, 0) is 15.9 Å². The van der Waals surface area contributed by atoms with Gasteiger partial charge in [0.05, 0.1) is 13.2 Å². The third kappa shape index (κ3) is 4.16. The Hall–Kier alpha value is -1.17. The molecule has 1 N–H and O–H groups in total. The molecule has 4 nitrogen and oxygen atoms in total. The molecule has 1 aromatic carbocycles. The van der Waals surface area contributed by atoms with Crippen LogP contribution in [0.25, 0.3) is 0 Å². The first-order valence-electron chi connectivity index (χ1n) is 6.28. The van der Waals surface area contributed by atoms with Crippen LogP contribution in [0.1, 0.15) is 12.5 Å². The van der Waals surface area contributed by atoms with E-state index < -0.39 is 6.29 Å². The van der Waals surface area contributed by atoms with Gasteiger partial charge in [0.1, 0.15) is 0 Å². The number of hydrogen-bond donors (Lipinski definition) is 1. The molecule has 1 aromatic rings.